The van der Waals surface area contributed by atoms with Gasteiger partial charge in [-0.25, -0.2) is 0 Å². The maximum atomic E-state index is 5.89. The number of ether oxygens (including phenoxy) is 1. The summed E-state index contributed by atoms with van der Waals surface area (Å²) in [5.41, 5.74) is 2.48. The van der Waals surface area contributed by atoms with Gasteiger partial charge in [0.05, 0.1) is 19.3 Å². The Hall–Kier alpha value is -1.58. The Morgan fingerprint density at radius 3 is 2.70 bits per heavy atom. The van der Waals surface area contributed by atoms with E-state index in [-0.39, 0.29) is 6.10 Å². The molecular weight excluding hydrogens is 250 g/mol. The van der Waals surface area contributed by atoms with Crippen molar-refractivity contribution in [3.63, 3.8) is 0 Å². The first kappa shape index (κ1) is 13.4. The molecule has 1 aromatic carbocycles. The van der Waals surface area contributed by atoms with Crippen molar-refractivity contribution in [2.75, 3.05) is 19.7 Å². The highest BCUT2D eigenvalue weighted by molar-refractivity contribution is 5.20. The Labute approximate surface area is 120 Å². The van der Waals surface area contributed by atoms with Gasteiger partial charge in [-0.05, 0) is 31.0 Å². The highest BCUT2D eigenvalue weighted by atomic mass is 16.5. The second-order valence-corrected chi connectivity index (χ2v) is 5.46. The zero-order chi connectivity index (χ0) is 13.9. The summed E-state index contributed by atoms with van der Waals surface area (Å²) in [5, 5.41) is 0. The van der Waals surface area contributed by atoms with Gasteiger partial charge < -0.3 is 9.15 Å². The van der Waals surface area contributed by atoms with Gasteiger partial charge in [-0.15, -0.1) is 0 Å². The molecule has 20 heavy (non-hydrogen) atoms. The fraction of sp³-hybridized carbons (Fsp3) is 0.412. The molecule has 3 nitrogen and oxygen atoms in total. The molecule has 3 rings (SSSR count). The van der Waals surface area contributed by atoms with Crippen molar-refractivity contribution in [1.82, 2.24) is 4.90 Å². The van der Waals surface area contributed by atoms with E-state index < -0.39 is 0 Å². The number of furan rings is 1. The van der Waals surface area contributed by atoms with E-state index in [1.54, 1.807) is 0 Å². The van der Waals surface area contributed by atoms with Gasteiger partial charge in [-0.3, -0.25) is 4.90 Å². The van der Waals surface area contributed by atoms with Gasteiger partial charge in [0.1, 0.15) is 11.5 Å². The molecule has 0 N–H and O–H groups in total. The number of rotatable bonds is 3. The summed E-state index contributed by atoms with van der Waals surface area (Å²) < 4.78 is 11.7. The van der Waals surface area contributed by atoms with Gasteiger partial charge >= 0.3 is 0 Å². The van der Waals surface area contributed by atoms with Gasteiger partial charge in [0.25, 0.3) is 0 Å². The Kier molecular flexibility index (Phi) is 3.90. The van der Waals surface area contributed by atoms with Gasteiger partial charge in [-0.2, -0.15) is 0 Å². The van der Waals surface area contributed by atoms with E-state index in [0.717, 1.165) is 37.8 Å². The van der Waals surface area contributed by atoms with Crippen LogP contribution in [0.15, 0.2) is 40.8 Å². The van der Waals surface area contributed by atoms with Crippen molar-refractivity contribution in [3.05, 3.63) is 59.0 Å². The smallest absolute Gasteiger partial charge is 0.118 e. The number of nitrogens with zero attached hydrogens (tertiary/aromatic N) is 1. The molecule has 2 heterocycles. The van der Waals surface area contributed by atoms with E-state index >= 15 is 0 Å². The molecule has 1 fully saturated rings. The first-order chi connectivity index (χ1) is 9.72. The molecule has 0 bridgehead atoms. The first-order valence-corrected chi connectivity index (χ1v) is 7.17. The van der Waals surface area contributed by atoms with E-state index in [0.29, 0.717) is 0 Å². The fourth-order valence-electron chi connectivity index (χ4n) is 2.66. The molecule has 0 amide bonds. The minimum atomic E-state index is 0.169. The normalized spacial score (nSPS) is 20.2. The summed E-state index contributed by atoms with van der Waals surface area (Å²) in [6.07, 6.45) is 0.169. The Bertz CT molecular complexity index is 542. The second-order valence-electron chi connectivity index (χ2n) is 5.46. The minimum absolute atomic E-state index is 0.169. The Balaban J connectivity index is 1.66. The molecule has 0 saturated carbocycles. The van der Waals surface area contributed by atoms with Crippen LogP contribution in [0.5, 0.6) is 0 Å². The van der Waals surface area contributed by atoms with Gasteiger partial charge in [0.2, 0.25) is 0 Å². The first-order valence-electron chi connectivity index (χ1n) is 7.17. The van der Waals surface area contributed by atoms with Crippen molar-refractivity contribution in [1.29, 1.82) is 0 Å². The van der Waals surface area contributed by atoms with Crippen molar-refractivity contribution >= 4 is 0 Å². The summed E-state index contributed by atoms with van der Waals surface area (Å²) in [6, 6.07) is 12.6. The average Bonchev–Trinajstić information content (AvgIpc) is 2.78. The molecule has 1 aliphatic heterocycles. The molecule has 1 aromatic heterocycles. The van der Waals surface area contributed by atoms with Crippen LogP contribution in [0.3, 0.4) is 0 Å². The van der Waals surface area contributed by atoms with E-state index in [1.165, 1.54) is 11.1 Å². The molecule has 1 unspecified atom stereocenters. The van der Waals surface area contributed by atoms with Crippen LogP contribution in [0.25, 0.3) is 0 Å². The quantitative estimate of drug-likeness (QED) is 0.855. The Morgan fingerprint density at radius 2 is 2.00 bits per heavy atom. The lowest BCUT2D eigenvalue weighted by Crippen LogP contribution is -2.37. The minimum Gasteiger partial charge on any atom is -0.465 e. The second kappa shape index (κ2) is 5.81. The van der Waals surface area contributed by atoms with Gasteiger partial charge in [0.15, 0.2) is 0 Å². The Morgan fingerprint density at radius 1 is 1.20 bits per heavy atom. The SMILES string of the molecule is Cc1cc(CN2CCOC(c3ccccc3)C2)oc1C. The molecular formula is C17H21NO2. The predicted molar refractivity (Wildman–Crippen MR) is 78.6 cm³/mol. The fourth-order valence-corrected chi connectivity index (χ4v) is 2.66. The summed E-state index contributed by atoms with van der Waals surface area (Å²) in [5.74, 6) is 2.07. The van der Waals surface area contributed by atoms with Crippen molar-refractivity contribution in [2.45, 2.75) is 26.5 Å². The van der Waals surface area contributed by atoms with Crippen LogP contribution in [0.4, 0.5) is 0 Å². The molecule has 1 atom stereocenters. The number of aryl methyl sites for hydroxylation is 2. The van der Waals surface area contributed by atoms with Crippen LogP contribution in [-0.2, 0) is 11.3 Å². The summed E-state index contributed by atoms with van der Waals surface area (Å²) >= 11 is 0. The third kappa shape index (κ3) is 2.94. The highest BCUT2D eigenvalue weighted by Crippen LogP contribution is 2.24. The van der Waals surface area contributed by atoms with E-state index in [9.17, 15) is 0 Å². The van der Waals surface area contributed by atoms with Crippen LogP contribution in [0.1, 0.15) is 28.8 Å². The highest BCUT2D eigenvalue weighted by Gasteiger charge is 2.22. The van der Waals surface area contributed by atoms with Crippen molar-refractivity contribution < 1.29 is 9.15 Å². The van der Waals surface area contributed by atoms with Crippen LogP contribution >= 0.6 is 0 Å². The monoisotopic (exact) mass is 271 g/mol. The topological polar surface area (TPSA) is 25.6 Å². The largest absolute Gasteiger partial charge is 0.465 e. The molecule has 1 aliphatic rings. The molecule has 0 spiro atoms. The number of hydrogen-bond donors (Lipinski definition) is 0. The van der Waals surface area contributed by atoms with Crippen LogP contribution in [0.2, 0.25) is 0 Å². The van der Waals surface area contributed by atoms with Gasteiger partial charge in [-0.1, -0.05) is 30.3 Å². The van der Waals surface area contributed by atoms with Gasteiger partial charge in [0, 0.05) is 13.1 Å². The molecule has 3 heteroatoms. The maximum absolute atomic E-state index is 5.89. The predicted octanol–water partition coefficient (Wildman–Crippen LogP) is 3.47. The van der Waals surface area contributed by atoms with Crippen LogP contribution in [-0.4, -0.2) is 24.6 Å². The molecule has 0 radical (unpaired) electrons. The summed E-state index contributed by atoms with van der Waals surface area (Å²) in [7, 11) is 0. The third-order valence-corrected chi connectivity index (χ3v) is 3.92. The zero-order valence-electron chi connectivity index (χ0n) is 12.1. The summed E-state index contributed by atoms with van der Waals surface area (Å²) in [6.45, 7) is 7.63. The van der Waals surface area contributed by atoms with E-state index in [1.807, 2.05) is 13.0 Å². The van der Waals surface area contributed by atoms with Crippen LogP contribution < -0.4 is 0 Å². The molecule has 0 aliphatic carbocycles. The average molecular weight is 271 g/mol. The third-order valence-electron chi connectivity index (χ3n) is 3.92. The zero-order valence-corrected chi connectivity index (χ0v) is 12.1. The lowest BCUT2D eigenvalue weighted by Gasteiger charge is -2.32. The molecule has 2 aromatic rings. The number of morpholine rings is 1. The van der Waals surface area contributed by atoms with Crippen molar-refractivity contribution in [3.8, 4) is 0 Å². The van der Waals surface area contributed by atoms with Crippen LogP contribution in [0, 0.1) is 13.8 Å². The van der Waals surface area contributed by atoms with Crippen molar-refractivity contribution in [2.24, 2.45) is 0 Å². The lowest BCUT2D eigenvalue weighted by molar-refractivity contribution is -0.0347. The number of hydrogen-bond acceptors (Lipinski definition) is 3. The lowest BCUT2D eigenvalue weighted by atomic mass is 10.1. The molecule has 106 valence electrons. The number of benzene rings is 1. The van der Waals surface area contributed by atoms with E-state index in [4.69, 9.17) is 9.15 Å². The summed E-state index contributed by atoms with van der Waals surface area (Å²) in [4.78, 5) is 2.40. The standard InChI is InChI=1S/C17H21NO2/c1-13-10-16(20-14(13)2)11-18-8-9-19-17(12-18)15-6-4-3-5-7-15/h3-7,10,17H,8-9,11-12H2,1-2H3. The maximum Gasteiger partial charge on any atom is 0.118 e. The molecule has 1 saturated heterocycles. The van der Waals surface area contributed by atoms with E-state index in [2.05, 4.69) is 42.2 Å².